The molecule has 0 aromatic carbocycles. The number of aliphatic hydroxyl groups excluding tert-OH is 2. The maximum Gasteiger partial charge on any atom is 0.226 e. The van der Waals surface area contributed by atoms with Crippen LogP contribution in [0.25, 0.3) is 11.2 Å². The summed E-state index contributed by atoms with van der Waals surface area (Å²) in [6.45, 7) is -0.342. The summed E-state index contributed by atoms with van der Waals surface area (Å²) in [4.78, 5) is 11.9. The summed E-state index contributed by atoms with van der Waals surface area (Å²) in [5.74, 6) is 0.141. The molecule has 0 saturated carbocycles. The van der Waals surface area contributed by atoms with Crippen LogP contribution in [0.4, 0.5) is 5.82 Å². The van der Waals surface area contributed by atoms with Crippen LogP contribution < -0.4 is 5.73 Å². The van der Waals surface area contributed by atoms with Crippen molar-refractivity contribution in [1.82, 2.24) is 19.5 Å². The molecule has 1 aliphatic heterocycles. The standard InChI is InChI=1S/C10H11Cl2N5O3/c11-4-6(19)3(1-18)20-9(4)17-2-14-5-7(13)15-10(12)16-8(5)17/h2-4,6,9,18-19H,1H2,(H2,13,15,16)/t3-,4-,6+,9?/m1/s1. The molecule has 0 radical (unpaired) electrons. The molecule has 1 saturated heterocycles. The fourth-order valence-corrected chi connectivity index (χ4v) is 2.69. The van der Waals surface area contributed by atoms with Gasteiger partial charge in [-0.3, -0.25) is 4.57 Å². The van der Waals surface area contributed by atoms with Crippen LogP contribution in [-0.4, -0.2) is 53.9 Å². The molecule has 4 atom stereocenters. The predicted octanol–water partition coefficient (Wildman–Crippen LogP) is -0.0801. The summed E-state index contributed by atoms with van der Waals surface area (Å²) in [6.07, 6.45) is -1.08. The molecule has 108 valence electrons. The normalized spacial score (nSPS) is 30.2. The number of hydrogen-bond donors (Lipinski definition) is 3. The molecule has 0 spiro atoms. The summed E-state index contributed by atoms with van der Waals surface area (Å²) in [5.41, 5.74) is 6.43. The van der Waals surface area contributed by atoms with E-state index in [0.717, 1.165) is 0 Å². The van der Waals surface area contributed by atoms with Crippen molar-refractivity contribution in [3.63, 3.8) is 0 Å². The van der Waals surface area contributed by atoms with E-state index in [9.17, 15) is 5.11 Å². The van der Waals surface area contributed by atoms with Crippen LogP contribution in [0.2, 0.25) is 5.28 Å². The number of alkyl halides is 1. The highest BCUT2D eigenvalue weighted by Gasteiger charge is 2.43. The summed E-state index contributed by atoms with van der Waals surface area (Å²) < 4.78 is 7.02. The lowest BCUT2D eigenvalue weighted by atomic mass is 10.2. The number of nitrogen functional groups attached to an aromatic ring is 1. The Morgan fingerprint density at radius 2 is 2.20 bits per heavy atom. The van der Waals surface area contributed by atoms with Gasteiger partial charge in [-0.25, -0.2) is 4.98 Å². The Hall–Kier alpha value is -1.19. The average molecular weight is 320 g/mol. The van der Waals surface area contributed by atoms with E-state index >= 15 is 0 Å². The molecule has 20 heavy (non-hydrogen) atoms. The van der Waals surface area contributed by atoms with Gasteiger partial charge in [0.25, 0.3) is 0 Å². The van der Waals surface area contributed by atoms with Crippen molar-refractivity contribution >= 4 is 40.2 Å². The first-order chi connectivity index (χ1) is 9.52. The first kappa shape index (κ1) is 13.8. The van der Waals surface area contributed by atoms with Gasteiger partial charge < -0.3 is 20.7 Å². The minimum atomic E-state index is -1.00. The molecule has 3 rings (SSSR count). The molecule has 8 nitrogen and oxygen atoms in total. The van der Waals surface area contributed by atoms with Crippen molar-refractivity contribution < 1.29 is 14.9 Å². The third kappa shape index (κ3) is 2.00. The van der Waals surface area contributed by atoms with Crippen molar-refractivity contribution in [3.8, 4) is 0 Å². The fourth-order valence-electron chi connectivity index (χ4n) is 2.18. The molecule has 1 fully saturated rings. The van der Waals surface area contributed by atoms with Gasteiger partial charge in [0, 0.05) is 0 Å². The molecule has 4 N–H and O–H groups in total. The lowest BCUT2D eigenvalue weighted by Gasteiger charge is -2.15. The highest BCUT2D eigenvalue weighted by molar-refractivity contribution is 6.28. The van der Waals surface area contributed by atoms with E-state index in [4.69, 9.17) is 38.8 Å². The third-order valence-corrected chi connectivity index (χ3v) is 3.81. The van der Waals surface area contributed by atoms with Crippen LogP contribution in [0.15, 0.2) is 6.33 Å². The van der Waals surface area contributed by atoms with Crippen molar-refractivity contribution in [2.24, 2.45) is 0 Å². The van der Waals surface area contributed by atoms with Gasteiger partial charge in [0.05, 0.1) is 12.9 Å². The van der Waals surface area contributed by atoms with Crippen LogP contribution in [0.5, 0.6) is 0 Å². The fraction of sp³-hybridized carbons (Fsp3) is 0.500. The minimum absolute atomic E-state index is 0.0277. The number of nitrogens with zero attached hydrogens (tertiary/aromatic N) is 4. The highest BCUT2D eigenvalue weighted by Crippen LogP contribution is 2.35. The van der Waals surface area contributed by atoms with Crippen LogP contribution in [0, 0.1) is 0 Å². The topological polar surface area (TPSA) is 119 Å². The maximum absolute atomic E-state index is 9.87. The molecule has 2 aromatic heterocycles. The number of aliphatic hydroxyl groups is 2. The van der Waals surface area contributed by atoms with Gasteiger partial charge in [-0.2, -0.15) is 9.97 Å². The van der Waals surface area contributed by atoms with Gasteiger partial charge in [0.2, 0.25) is 5.28 Å². The van der Waals surface area contributed by atoms with Crippen molar-refractivity contribution in [3.05, 3.63) is 11.6 Å². The number of ether oxygens (including phenoxy) is 1. The molecule has 0 bridgehead atoms. The molecular formula is C10H11Cl2N5O3. The van der Waals surface area contributed by atoms with E-state index in [2.05, 4.69) is 15.0 Å². The second-order valence-corrected chi connectivity index (χ2v) is 5.23. The van der Waals surface area contributed by atoms with Crippen LogP contribution in [-0.2, 0) is 4.74 Å². The number of imidazole rings is 1. The lowest BCUT2D eigenvalue weighted by molar-refractivity contribution is -0.0431. The Morgan fingerprint density at radius 3 is 2.85 bits per heavy atom. The number of aromatic nitrogens is 4. The minimum Gasteiger partial charge on any atom is -0.394 e. The molecule has 0 amide bonds. The predicted molar refractivity (Wildman–Crippen MR) is 71.4 cm³/mol. The Balaban J connectivity index is 2.07. The van der Waals surface area contributed by atoms with E-state index < -0.39 is 23.8 Å². The van der Waals surface area contributed by atoms with E-state index in [1.165, 1.54) is 10.9 Å². The summed E-state index contributed by atoms with van der Waals surface area (Å²) in [5, 5.41) is 18.2. The summed E-state index contributed by atoms with van der Waals surface area (Å²) in [6, 6.07) is 0. The maximum atomic E-state index is 9.87. The van der Waals surface area contributed by atoms with Gasteiger partial charge in [-0.1, -0.05) is 0 Å². The highest BCUT2D eigenvalue weighted by atomic mass is 35.5. The molecule has 1 aliphatic rings. The SMILES string of the molecule is Nc1nc(Cl)nc2c1ncn2C1O[C@H](CO)[C@H](O)[C@H]1Cl. The van der Waals surface area contributed by atoms with Gasteiger partial charge in [-0.15, -0.1) is 11.6 Å². The van der Waals surface area contributed by atoms with Gasteiger partial charge in [0.15, 0.2) is 17.7 Å². The average Bonchev–Trinajstić information content (AvgIpc) is 2.93. The van der Waals surface area contributed by atoms with Crippen LogP contribution >= 0.6 is 23.2 Å². The zero-order chi connectivity index (χ0) is 14.4. The first-order valence-corrected chi connectivity index (χ1v) is 6.58. The van der Waals surface area contributed by atoms with Gasteiger partial charge >= 0.3 is 0 Å². The van der Waals surface area contributed by atoms with Gasteiger partial charge in [0.1, 0.15) is 23.1 Å². The monoisotopic (exact) mass is 319 g/mol. The number of rotatable bonds is 2. The second kappa shape index (κ2) is 4.97. The lowest BCUT2D eigenvalue weighted by Crippen LogP contribution is -2.29. The van der Waals surface area contributed by atoms with E-state index in [1.54, 1.807) is 0 Å². The smallest absolute Gasteiger partial charge is 0.226 e. The molecule has 0 aliphatic carbocycles. The van der Waals surface area contributed by atoms with Crippen molar-refractivity contribution in [1.29, 1.82) is 0 Å². The number of hydrogen-bond acceptors (Lipinski definition) is 7. The Bertz CT molecular complexity index is 651. The largest absolute Gasteiger partial charge is 0.394 e. The Morgan fingerprint density at radius 1 is 1.45 bits per heavy atom. The number of nitrogens with two attached hydrogens (primary N) is 1. The second-order valence-electron chi connectivity index (χ2n) is 4.38. The number of halogens is 2. The zero-order valence-electron chi connectivity index (χ0n) is 10.0. The third-order valence-electron chi connectivity index (χ3n) is 3.17. The zero-order valence-corrected chi connectivity index (χ0v) is 11.5. The Kier molecular flexibility index (Phi) is 3.43. The number of anilines is 1. The van der Waals surface area contributed by atoms with Crippen molar-refractivity contribution in [2.45, 2.75) is 23.8 Å². The molecule has 1 unspecified atom stereocenters. The van der Waals surface area contributed by atoms with Crippen LogP contribution in [0.3, 0.4) is 0 Å². The molecular weight excluding hydrogens is 309 g/mol. The quantitative estimate of drug-likeness (QED) is 0.523. The summed E-state index contributed by atoms with van der Waals surface area (Å²) >= 11 is 11.9. The van der Waals surface area contributed by atoms with E-state index in [1.807, 2.05) is 0 Å². The molecule has 2 aromatic rings. The van der Waals surface area contributed by atoms with Crippen LogP contribution in [0.1, 0.15) is 6.23 Å². The first-order valence-electron chi connectivity index (χ1n) is 5.77. The summed E-state index contributed by atoms with van der Waals surface area (Å²) in [7, 11) is 0. The van der Waals surface area contributed by atoms with E-state index in [-0.39, 0.29) is 17.7 Å². The molecule has 10 heteroatoms. The van der Waals surface area contributed by atoms with Gasteiger partial charge in [-0.05, 0) is 11.6 Å². The van der Waals surface area contributed by atoms with Crippen molar-refractivity contribution in [2.75, 3.05) is 12.3 Å². The number of fused-ring (bicyclic) bond motifs is 1. The molecule has 3 heterocycles. The Labute approximate surface area is 123 Å². The van der Waals surface area contributed by atoms with E-state index in [0.29, 0.717) is 11.2 Å².